The van der Waals surface area contributed by atoms with Crippen molar-refractivity contribution in [2.75, 3.05) is 0 Å². The number of nitrogens with zero attached hydrogens (tertiary/aromatic N) is 5. The number of fused-ring (bicyclic) bond motifs is 2. The van der Waals surface area contributed by atoms with E-state index in [1.165, 1.54) is 27.8 Å². The monoisotopic (exact) mass is 459 g/mol. The highest BCUT2D eigenvalue weighted by molar-refractivity contribution is 7.98. The van der Waals surface area contributed by atoms with Gasteiger partial charge in [-0.05, 0) is 23.8 Å². The maximum Gasteiger partial charge on any atom is 0.278 e. The normalized spacial score (nSPS) is 11.2. The molecule has 0 saturated heterocycles. The van der Waals surface area contributed by atoms with Crippen molar-refractivity contribution in [3.8, 4) is 10.4 Å². The van der Waals surface area contributed by atoms with Crippen LogP contribution in [-0.4, -0.2) is 24.5 Å². The Morgan fingerprint density at radius 1 is 1.00 bits per heavy atom. The second kappa shape index (κ2) is 8.52. The molecule has 0 saturated carbocycles. The van der Waals surface area contributed by atoms with E-state index in [-0.39, 0.29) is 17.0 Å². The molecule has 3 aromatic heterocycles. The molecule has 0 radical (unpaired) electrons. The van der Waals surface area contributed by atoms with Crippen LogP contribution in [0.3, 0.4) is 0 Å². The highest BCUT2D eigenvalue weighted by Gasteiger charge is 2.16. The summed E-state index contributed by atoms with van der Waals surface area (Å²) in [6.45, 7) is 4.09. The van der Waals surface area contributed by atoms with Crippen LogP contribution < -0.4 is 11.1 Å². The first kappa shape index (κ1) is 20.3. The molecule has 0 amide bonds. The number of benzene rings is 2. The first-order valence-corrected chi connectivity index (χ1v) is 11.6. The third kappa shape index (κ3) is 3.65. The molecule has 0 N–H and O–H groups in total. The Bertz CT molecular complexity index is 1570. The summed E-state index contributed by atoms with van der Waals surface area (Å²) < 4.78 is 3.45. The van der Waals surface area contributed by atoms with Crippen molar-refractivity contribution in [3.05, 3.63) is 94.0 Å². The van der Waals surface area contributed by atoms with Gasteiger partial charge in [-0.3, -0.25) is 14.2 Å². The fourth-order valence-corrected chi connectivity index (χ4v) is 5.30. The molecule has 0 spiro atoms. The van der Waals surface area contributed by atoms with Crippen molar-refractivity contribution in [2.24, 2.45) is 0 Å². The zero-order chi connectivity index (χ0) is 22.1. The van der Waals surface area contributed by atoms with E-state index in [4.69, 9.17) is 4.98 Å². The quantitative estimate of drug-likeness (QED) is 0.215. The highest BCUT2D eigenvalue weighted by Crippen LogP contribution is 2.32. The van der Waals surface area contributed by atoms with Crippen molar-refractivity contribution < 1.29 is 0 Å². The summed E-state index contributed by atoms with van der Waals surface area (Å²) in [4.78, 5) is 31.7. The van der Waals surface area contributed by atoms with Gasteiger partial charge in [0.05, 0.1) is 16.8 Å². The molecule has 158 valence electrons. The molecule has 0 aliphatic carbocycles. The van der Waals surface area contributed by atoms with Crippen LogP contribution >= 0.6 is 23.1 Å². The molecule has 0 bridgehead atoms. The van der Waals surface area contributed by atoms with Crippen LogP contribution in [0.4, 0.5) is 0 Å². The first-order chi connectivity index (χ1) is 15.7. The summed E-state index contributed by atoms with van der Waals surface area (Å²) in [6.07, 6.45) is 1.66. The summed E-state index contributed by atoms with van der Waals surface area (Å²) in [7, 11) is 0. The molecule has 7 nitrogen and oxygen atoms in total. The molecule has 0 aliphatic rings. The van der Waals surface area contributed by atoms with Gasteiger partial charge in [0.25, 0.3) is 11.1 Å². The Balaban J connectivity index is 1.55. The first-order valence-electron chi connectivity index (χ1n) is 9.82. The Labute approximate surface area is 190 Å². The van der Waals surface area contributed by atoms with Crippen molar-refractivity contribution in [1.82, 2.24) is 24.5 Å². The predicted octanol–water partition coefficient (Wildman–Crippen LogP) is 4.17. The van der Waals surface area contributed by atoms with Gasteiger partial charge in [-0.15, -0.1) is 23.0 Å². The topological polar surface area (TPSA) is 82.7 Å². The maximum absolute atomic E-state index is 13.2. The van der Waals surface area contributed by atoms with Crippen LogP contribution in [0.5, 0.6) is 0 Å². The lowest BCUT2D eigenvalue weighted by atomic mass is 10.2. The van der Waals surface area contributed by atoms with E-state index in [0.29, 0.717) is 32.8 Å². The van der Waals surface area contributed by atoms with Crippen molar-refractivity contribution >= 4 is 44.2 Å². The van der Waals surface area contributed by atoms with Crippen LogP contribution in [0.15, 0.2) is 88.1 Å². The Morgan fingerprint density at radius 2 is 1.78 bits per heavy atom. The molecule has 9 heteroatoms. The number of thioether (sulfide) groups is 1. The highest BCUT2D eigenvalue weighted by atomic mass is 32.2. The minimum Gasteiger partial charge on any atom is -0.282 e. The summed E-state index contributed by atoms with van der Waals surface area (Å²) >= 11 is 2.69. The van der Waals surface area contributed by atoms with Gasteiger partial charge in [0.15, 0.2) is 5.16 Å². The Hall–Kier alpha value is -3.56. The third-order valence-corrected chi connectivity index (χ3v) is 7.02. The molecule has 0 unspecified atom stereocenters. The zero-order valence-corrected chi connectivity index (χ0v) is 18.5. The van der Waals surface area contributed by atoms with Crippen LogP contribution in [0.1, 0.15) is 0 Å². The third-order valence-electron chi connectivity index (χ3n) is 4.91. The van der Waals surface area contributed by atoms with Gasteiger partial charge >= 0.3 is 0 Å². The number of hydrogen-bond donors (Lipinski definition) is 0. The molecule has 5 rings (SSSR count). The van der Waals surface area contributed by atoms with Crippen LogP contribution in [-0.2, 0) is 12.4 Å². The lowest BCUT2D eigenvalue weighted by Crippen LogP contribution is -2.25. The van der Waals surface area contributed by atoms with E-state index in [9.17, 15) is 9.59 Å². The summed E-state index contributed by atoms with van der Waals surface area (Å²) in [5.41, 5.74) is 1.87. The molecule has 32 heavy (non-hydrogen) atoms. The molecule has 0 aliphatic heterocycles. The fraction of sp³-hybridized carbons (Fsp3) is 0.0870. The van der Waals surface area contributed by atoms with Crippen molar-refractivity contribution in [2.45, 2.75) is 17.6 Å². The van der Waals surface area contributed by atoms with E-state index in [2.05, 4.69) is 16.9 Å². The van der Waals surface area contributed by atoms with Gasteiger partial charge in [-0.2, -0.15) is 4.68 Å². The molecule has 0 fully saturated rings. The van der Waals surface area contributed by atoms with Gasteiger partial charge < -0.3 is 0 Å². The van der Waals surface area contributed by atoms with E-state index in [1.54, 1.807) is 28.8 Å². The lowest BCUT2D eigenvalue weighted by molar-refractivity contribution is 0.634. The molecular weight excluding hydrogens is 442 g/mol. The smallest absolute Gasteiger partial charge is 0.278 e. The van der Waals surface area contributed by atoms with Crippen LogP contribution in [0.2, 0.25) is 0 Å². The molecule has 3 heterocycles. The van der Waals surface area contributed by atoms with E-state index < -0.39 is 0 Å². The van der Waals surface area contributed by atoms with E-state index in [1.807, 2.05) is 42.5 Å². The summed E-state index contributed by atoms with van der Waals surface area (Å²) in [5.74, 6) is 0.182. The van der Waals surface area contributed by atoms with E-state index in [0.717, 1.165) is 10.4 Å². The molecule has 2 aromatic carbocycles. The van der Waals surface area contributed by atoms with Crippen molar-refractivity contribution in [3.63, 3.8) is 0 Å². The summed E-state index contributed by atoms with van der Waals surface area (Å²) in [5, 5.41) is 9.14. The maximum atomic E-state index is 13.2. The average Bonchev–Trinajstić information content (AvgIpc) is 3.26. The number of hydrogen-bond acceptors (Lipinski definition) is 7. The Morgan fingerprint density at radius 3 is 2.59 bits per heavy atom. The SMILES string of the molecule is C=CCn1c(SCn2nnc3ccccc3c2=O)nc2cc(-c3ccccc3)sc2c1=O. The fourth-order valence-electron chi connectivity index (χ4n) is 3.36. The zero-order valence-electron chi connectivity index (χ0n) is 16.8. The minimum atomic E-state index is -0.233. The van der Waals surface area contributed by atoms with Gasteiger partial charge in [0.1, 0.15) is 10.2 Å². The second-order valence-electron chi connectivity index (χ2n) is 6.97. The number of thiophene rings is 1. The number of allylic oxidation sites excluding steroid dienone is 1. The number of aromatic nitrogens is 5. The van der Waals surface area contributed by atoms with Crippen LogP contribution in [0.25, 0.3) is 31.6 Å². The number of rotatable bonds is 6. The second-order valence-corrected chi connectivity index (χ2v) is 8.94. The average molecular weight is 460 g/mol. The largest absolute Gasteiger partial charge is 0.282 e. The lowest BCUT2D eigenvalue weighted by Gasteiger charge is -2.10. The van der Waals surface area contributed by atoms with Gasteiger partial charge in [-0.25, -0.2) is 4.98 Å². The molecule has 0 atom stereocenters. The summed E-state index contributed by atoms with van der Waals surface area (Å²) in [6, 6.07) is 18.9. The van der Waals surface area contributed by atoms with Crippen molar-refractivity contribution in [1.29, 1.82) is 0 Å². The molecular formula is C23H17N5O2S2. The van der Waals surface area contributed by atoms with Gasteiger partial charge in [-0.1, -0.05) is 65.5 Å². The minimum absolute atomic E-state index is 0.124. The Kier molecular flexibility index (Phi) is 5.42. The predicted molar refractivity (Wildman–Crippen MR) is 129 cm³/mol. The van der Waals surface area contributed by atoms with Crippen LogP contribution in [0, 0.1) is 0 Å². The molecule has 5 aromatic rings. The van der Waals surface area contributed by atoms with Gasteiger partial charge in [0, 0.05) is 11.4 Å². The standard InChI is InChI=1S/C23H17N5O2S2/c1-2-12-27-22(30)20-18(13-19(32-20)15-8-4-3-5-9-15)24-23(27)31-14-28-21(29)16-10-6-7-11-17(16)25-26-28/h2-11,13H,1,12,14H2. The van der Waals surface area contributed by atoms with Gasteiger partial charge in [0.2, 0.25) is 0 Å². The van der Waals surface area contributed by atoms with E-state index >= 15 is 0 Å².